The van der Waals surface area contributed by atoms with Gasteiger partial charge in [0.25, 0.3) is 5.91 Å². The largest absolute Gasteiger partial charge is 0.480 e. The van der Waals surface area contributed by atoms with Crippen LogP contribution < -0.4 is 5.32 Å². The van der Waals surface area contributed by atoms with Gasteiger partial charge in [-0.1, -0.05) is 13.0 Å². The van der Waals surface area contributed by atoms with Gasteiger partial charge in [0.2, 0.25) is 0 Å². The summed E-state index contributed by atoms with van der Waals surface area (Å²) < 4.78 is 23.1. The van der Waals surface area contributed by atoms with Gasteiger partial charge in [-0.15, -0.1) is 0 Å². The molecule has 0 saturated heterocycles. The van der Waals surface area contributed by atoms with Crippen molar-refractivity contribution in [1.82, 2.24) is 10.2 Å². The van der Waals surface area contributed by atoms with Crippen molar-refractivity contribution in [2.24, 2.45) is 0 Å². The maximum atomic E-state index is 12.2. The summed E-state index contributed by atoms with van der Waals surface area (Å²) in [6.07, 6.45) is 2.49. The highest BCUT2D eigenvalue weighted by atomic mass is 32.2. The summed E-state index contributed by atoms with van der Waals surface area (Å²) >= 11 is 0. The Morgan fingerprint density at radius 2 is 2.00 bits per heavy atom. The second kappa shape index (κ2) is 7.31. The first-order valence-electron chi connectivity index (χ1n) is 7.77. The van der Waals surface area contributed by atoms with Crippen molar-refractivity contribution in [3.05, 3.63) is 29.8 Å². The Balaban J connectivity index is 1.92. The summed E-state index contributed by atoms with van der Waals surface area (Å²) in [4.78, 5) is 25.0. The molecule has 7 nitrogen and oxygen atoms in total. The predicted octanol–water partition coefficient (Wildman–Crippen LogP) is 0.757. The highest BCUT2D eigenvalue weighted by Gasteiger charge is 2.34. The lowest BCUT2D eigenvalue weighted by molar-refractivity contribution is -0.139. The van der Waals surface area contributed by atoms with Crippen LogP contribution in [0, 0.1) is 0 Å². The molecule has 0 aliphatic heterocycles. The lowest BCUT2D eigenvalue weighted by atomic mass is 9.85. The lowest BCUT2D eigenvalue weighted by Gasteiger charge is -2.42. The summed E-state index contributed by atoms with van der Waals surface area (Å²) in [5, 5.41) is 11.7. The molecule has 1 amide bonds. The number of benzene rings is 1. The van der Waals surface area contributed by atoms with Gasteiger partial charge in [0.1, 0.15) is 0 Å². The summed E-state index contributed by atoms with van der Waals surface area (Å²) in [7, 11) is -3.36. The van der Waals surface area contributed by atoms with Gasteiger partial charge in [0, 0.05) is 23.9 Å². The van der Waals surface area contributed by atoms with E-state index in [1.807, 2.05) is 11.8 Å². The Morgan fingerprint density at radius 3 is 2.54 bits per heavy atom. The van der Waals surface area contributed by atoms with E-state index in [1.165, 1.54) is 12.1 Å². The third-order valence-corrected chi connectivity index (χ3v) is 5.34. The molecule has 0 heterocycles. The maximum absolute atomic E-state index is 12.2. The van der Waals surface area contributed by atoms with E-state index in [0.717, 1.165) is 6.26 Å². The number of hydrogen-bond acceptors (Lipinski definition) is 5. The fraction of sp³-hybridized carbons (Fsp3) is 0.500. The summed E-state index contributed by atoms with van der Waals surface area (Å²) in [5.41, 5.74) is 0.305. The Labute approximate surface area is 141 Å². The number of rotatable bonds is 7. The van der Waals surface area contributed by atoms with Gasteiger partial charge in [-0.25, -0.2) is 8.42 Å². The van der Waals surface area contributed by atoms with Crippen LogP contribution in [0.4, 0.5) is 0 Å². The molecule has 1 fully saturated rings. The first-order chi connectivity index (χ1) is 11.2. The molecule has 1 saturated carbocycles. The molecule has 24 heavy (non-hydrogen) atoms. The number of nitrogens with zero attached hydrogens (tertiary/aromatic N) is 1. The van der Waals surface area contributed by atoms with Crippen LogP contribution in [0.1, 0.15) is 30.1 Å². The summed E-state index contributed by atoms with van der Waals surface area (Å²) in [6, 6.07) is 6.06. The number of carbonyl (C=O) groups excluding carboxylic acids is 1. The molecule has 0 aromatic heterocycles. The van der Waals surface area contributed by atoms with Gasteiger partial charge in [-0.2, -0.15) is 0 Å². The molecule has 2 rings (SSSR count). The zero-order valence-electron chi connectivity index (χ0n) is 13.7. The third-order valence-electron chi connectivity index (χ3n) is 4.23. The minimum atomic E-state index is -3.36. The first kappa shape index (κ1) is 18.4. The molecule has 0 bridgehead atoms. The molecule has 2 N–H and O–H groups in total. The molecule has 0 unspecified atom stereocenters. The molecule has 0 radical (unpaired) electrons. The van der Waals surface area contributed by atoms with Crippen molar-refractivity contribution in [3.8, 4) is 0 Å². The zero-order chi connectivity index (χ0) is 17.9. The van der Waals surface area contributed by atoms with Crippen molar-refractivity contribution in [1.29, 1.82) is 0 Å². The average Bonchev–Trinajstić information content (AvgIpc) is 2.47. The first-order valence-corrected chi connectivity index (χ1v) is 9.66. The predicted molar refractivity (Wildman–Crippen MR) is 88.7 cm³/mol. The average molecular weight is 354 g/mol. The number of sulfone groups is 1. The van der Waals surface area contributed by atoms with Crippen LogP contribution in [0.2, 0.25) is 0 Å². The van der Waals surface area contributed by atoms with Gasteiger partial charge in [0.15, 0.2) is 9.84 Å². The topological polar surface area (TPSA) is 104 Å². The zero-order valence-corrected chi connectivity index (χ0v) is 14.5. The number of carboxylic acid groups (broad SMARTS) is 1. The Morgan fingerprint density at radius 1 is 1.33 bits per heavy atom. The van der Waals surface area contributed by atoms with Gasteiger partial charge in [-0.05, 0) is 37.6 Å². The van der Waals surface area contributed by atoms with Crippen molar-refractivity contribution in [3.63, 3.8) is 0 Å². The molecular formula is C16H22N2O5S. The monoisotopic (exact) mass is 354 g/mol. The second-order valence-electron chi connectivity index (χ2n) is 6.05. The van der Waals surface area contributed by atoms with Crippen LogP contribution >= 0.6 is 0 Å². The van der Waals surface area contributed by atoms with Gasteiger partial charge >= 0.3 is 5.97 Å². The fourth-order valence-electron chi connectivity index (χ4n) is 2.81. The summed E-state index contributed by atoms with van der Waals surface area (Å²) in [6.45, 7) is 2.55. The molecule has 0 spiro atoms. The van der Waals surface area contributed by atoms with E-state index < -0.39 is 15.8 Å². The van der Waals surface area contributed by atoms with Crippen LogP contribution in [0.3, 0.4) is 0 Å². The number of hydrogen-bond donors (Lipinski definition) is 2. The van der Waals surface area contributed by atoms with E-state index in [2.05, 4.69) is 5.32 Å². The quantitative estimate of drug-likeness (QED) is 0.749. The number of carboxylic acids is 1. The number of carbonyl (C=O) groups is 2. The molecule has 1 aliphatic rings. The van der Waals surface area contributed by atoms with Crippen molar-refractivity contribution >= 4 is 21.7 Å². The van der Waals surface area contributed by atoms with Crippen LogP contribution in [0.15, 0.2) is 29.2 Å². The molecule has 132 valence electrons. The molecule has 0 atom stereocenters. The molecular weight excluding hydrogens is 332 g/mol. The third kappa shape index (κ3) is 4.55. The van der Waals surface area contributed by atoms with Gasteiger partial charge < -0.3 is 10.4 Å². The van der Waals surface area contributed by atoms with Gasteiger partial charge in [0.05, 0.1) is 11.4 Å². The highest BCUT2D eigenvalue weighted by Crippen LogP contribution is 2.26. The Hall–Kier alpha value is -1.93. The van der Waals surface area contributed by atoms with Crippen LogP contribution in [0.25, 0.3) is 0 Å². The standard InChI is InChI=1S/C16H22N2O5S/c1-3-18(10-15(19)20)13-8-12(9-13)17-16(21)11-5-4-6-14(7-11)24(2,22)23/h4-7,12-13H,3,8-10H2,1-2H3,(H,17,21)(H,19,20). The molecule has 1 aliphatic carbocycles. The molecule has 1 aromatic carbocycles. The number of amides is 1. The van der Waals surface area contributed by atoms with E-state index in [9.17, 15) is 18.0 Å². The van der Waals surface area contributed by atoms with Crippen molar-refractivity contribution in [2.75, 3.05) is 19.3 Å². The van der Waals surface area contributed by atoms with Crippen molar-refractivity contribution < 1.29 is 23.1 Å². The van der Waals surface area contributed by atoms with Gasteiger partial charge in [-0.3, -0.25) is 14.5 Å². The van der Waals surface area contributed by atoms with E-state index in [-0.39, 0.29) is 29.4 Å². The second-order valence-corrected chi connectivity index (χ2v) is 8.07. The Kier molecular flexibility index (Phi) is 5.61. The van der Waals surface area contributed by atoms with E-state index >= 15 is 0 Å². The van der Waals surface area contributed by atoms with Crippen LogP contribution in [-0.4, -0.2) is 61.7 Å². The normalized spacial score (nSPS) is 20.5. The minimum Gasteiger partial charge on any atom is -0.480 e. The summed E-state index contributed by atoms with van der Waals surface area (Å²) in [5.74, 6) is -1.17. The molecule has 1 aromatic rings. The lowest BCUT2D eigenvalue weighted by Crippen LogP contribution is -2.54. The minimum absolute atomic E-state index is 0.00175. The van der Waals surface area contributed by atoms with E-state index in [4.69, 9.17) is 5.11 Å². The fourth-order valence-corrected chi connectivity index (χ4v) is 3.48. The SMILES string of the molecule is CCN(CC(=O)O)C1CC(NC(=O)c2cccc(S(C)(=O)=O)c2)C1. The van der Waals surface area contributed by atoms with E-state index in [0.29, 0.717) is 24.9 Å². The number of aliphatic carboxylic acids is 1. The highest BCUT2D eigenvalue weighted by molar-refractivity contribution is 7.90. The number of nitrogens with one attached hydrogen (secondary N) is 1. The smallest absolute Gasteiger partial charge is 0.317 e. The maximum Gasteiger partial charge on any atom is 0.317 e. The van der Waals surface area contributed by atoms with Crippen molar-refractivity contribution in [2.45, 2.75) is 36.7 Å². The number of likely N-dealkylation sites (N-methyl/N-ethyl adjacent to an activating group) is 1. The van der Waals surface area contributed by atoms with Crippen LogP contribution in [-0.2, 0) is 14.6 Å². The van der Waals surface area contributed by atoms with Crippen LogP contribution in [0.5, 0.6) is 0 Å². The molecule has 8 heteroatoms. The van der Waals surface area contributed by atoms with E-state index in [1.54, 1.807) is 12.1 Å². The Bertz CT molecular complexity index is 726.